The molecule has 0 saturated heterocycles. The van der Waals surface area contributed by atoms with Crippen LogP contribution in [0.2, 0.25) is 0 Å². The summed E-state index contributed by atoms with van der Waals surface area (Å²) in [5, 5.41) is 7.89. The summed E-state index contributed by atoms with van der Waals surface area (Å²) < 4.78 is 39.3. The van der Waals surface area contributed by atoms with Crippen LogP contribution in [0.5, 0.6) is 0 Å². The molecule has 8 nitrogen and oxygen atoms in total. The normalized spacial score (nSPS) is 13.5. The molecule has 2 amide bonds. The van der Waals surface area contributed by atoms with E-state index in [9.17, 15) is 27.6 Å². The standard InChI is InChI=1S/C20H13F3N4O4/c1-11-16(19(30)31-27-17(28)14-4-2-3-5-15(14)18(27)29)24-25-26(11)10-12-6-8-13(9-7-12)20(21,22)23/h2-9H,10H2,1H3. The SMILES string of the molecule is Cc1c(C(=O)ON2C(=O)c3ccccc3C2=O)nnn1Cc1ccc(C(F)(F)F)cc1. The first-order valence-electron chi connectivity index (χ1n) is 8.93. The first-order chi connectivity index (χ1) is 14.7. The number of benzene rings is 2. The zero-order valence-corrected chi connectivity index (χ0v) is 15.9. The van der Waals surface area contributed by atoms with E-state index in [1.54, 1.807) is 12.1 Å². The molecule has 0 bridgehead atoms. The van der Waals surface area contributed by atoms with Crippen molar-refractivity contribution in [2.24, 2.45) is 0 Å². The molecular formula is C20H13F3N4O4. The van der Waals surface area contributed by atoms with E-state index in [4.69, 9.17) is 4.84 Å². The molecule has 1 aliphatic heterocycles. The van der Waals surface area contributed by atoms with Gasteiger partial charge in [0, 0.05) is 0 Å². The van der Waals surface area contributed by atoms with Crippen LogP contribution >= 0.6 is 0 Å². The average molecular weight is 430 g/mol. The van der Waals surface area contributed by atoms with Gasteiger partial charge in [-0.1, -0.05) is 34.5 Å². The van der Waals surface area contributed by atoms with Crippen molar-refractivity contribution in [3.05, 3.63) is 82.2 Å². The zero-order chi connectivity index (χ0) is 22.3. The quantitative estimate of drug-likeness (QED) is 0.591. The summed E-state index contributed by atoms with van der Waals surface area (Å²) in [6.07, 6.45) is -4.44. The topological polar surface area (TPSA) is 94.4 Å². The Morgan fingerprint density at radius 3 is 2.13 bits per heavy atom. The minimum atomic E-state index is -4.44. The fourth-order valence-corrected chi connectivity index (χ4v) is 3.05. The van der Waals surface area contributed by atoms with E-state index in [1.807, 2.05) is 0 Å². The molecule has 11 heteroatoms. The van der Waals surface area contributed by atoms with Gasteiger partial charge in [0.05, 0.1) is 28.9 Å². The third kappa shape index (κ3) is 3.65. The molecule has 3 aromatic rings. The number of alkyl halides is 3. The summed E-state index contributed by atoms with van der Waals surface area (Å²) in [4.78, 5) is 42.1. The third-order valence-electron chi connectivity index (χ3n) is 4.72. The lowest BCUT2D eigenvalue weighted by molar-refractivity contribution is -0.137. The number of halogens is 3. The van der Waals surface area contributed by atoms with Gasteiger partial charge in [0.25, 0.3) is 11.8 Å². The Morgan fingerprint density at radius 2 is 1.58 bits per heavy atom. The van der Waals surface area contributed by atoms with Crippen LogP contribution in [0.25, 0.3) is 0 Å². The highest BCUT2D eigenvalue weighted by atomic mass is 19.4. The number of fused-ring (bicyclic) bond motifs is 1. The second-order valence-electron chi connectivity index (χ2n) is 6.70. The number of rotatable bonds is 4. The van der Waals surface area contributed by atoms with Gasteiger partial charge in [0.2, 0.25) is 0 Å². The number of nitrogens with zero attached hydrogens (tertiary/aromatic N) is 4. The fraction of sp³-hybridized carbons (Fsp3) is 0.150. The smallest absolute Gasteiger partial charge is 0.322 e. The molecule has 0 radical (unpaired) electrons. The maximum atomic E-state index is 12.7. The Balaban J connectivity index is 1.49. The Kier molecular flexibility index (Phi) is 4.80. The molecule has 1 aromatic heterocycles. The number of amides is 2. The van der Waals surface area contributed by atoms with Crippen LogP contribution in [0.15, 0.2) is 48.5 Å². The van der Waals surface area contributed by atoms with Crippen LogP contribution in [0.4, 0.5) is 13.2 Å². The Labute approximate surface area is 172 Å². The highest BCUT2D eigenvalue weighted by Gasteiger charge is 2.39. The largest absolute Gasteiger partial charge is 0.416 e. The van der Waals surface area contributed by atoms with Crippen molar-refractivity contribution < 1.29 is 32.4 Å². The van der Waals surface area contributed by atoms with Crippen LogP contribution < -0.4 is 0 Å². The van der Waals surface area contributed by atoms with E-state index in [0.29, 0.717) is 10.6 Å². The lowest BCUT2D eigenvalue weighted by Gasteiger charge is -2.12. The second-order valence-corrected chi connectivity index (χ2v) is 6.70. The average Bonchev–Trinajstić information content (AvgIpc) is 3.21. The predicted molar refractivity (Wildman–Crippen MR) is 97.7 cm³/mol. The molecule has 0 saturated carbocycles. The maximum absolute atomic E-state index is 12.7. The van der Waals surface area contributed by atoms with Gasteiger partial charge in [-0.2, -0.15) is 13.2 Å². The molecule has 2 heterocycles. The van der Waals surface area contributed by atoms with Crippen LogP contribution in [0.1, 0.15) is 48.0 Å². The van der Waals surface area contributed by atoms with Gasteiger partial charge in [-0.05, 0) is 36.8 Å². The van der Waals surface area contributed by atoms with Crippen LogP contribution in [-0.2, 0) is 17.6 Å². The number of carbonyl (C=O) groups excluding carboxylic acids is 3. The van der Waals surface area contributed by atoms with Crippen LogP contribution in [0, 0.1) is 6.92 Å². The van der Waals surface area contributed by atoms with Gasteiger partial charge in [0.1, 0.15) is 0 Å². The van der Waals surface area contributed by atoms with Crippen molar-refractivity contribution in [2.45, 2.75) is 19.6 Å². The number of aromatic nitrogens is 3. The van der Waals surface area contributed by atoms with Gasteiger partial charge in [-0.3, -0.25) is 9.59 Å². The molecule has 0 N–H and O–H groups in total. The zero-order valence-electron chi connectivity index (χ0n) is 15.9. The molecule has 2 aromatic carbocycles. The molecule has 31 heavy (non-hydrogen) atoms. The summed E-state index contributed by atoms with van der Waals surface area (Å²) in [5.74, 6) is -2.61. The van der Waals surface area contributed by atoms with E-state index in [2.05, 4.69) is 10.3 Å². The van der Waals surface area contributed by atoms with Crippen molar-refractivity contribution in [2.75, 3.05) is 0 Å². The van der Waals surface area contributed by atoms with E-state index >= 15 is 0 Å². The molecule has 1 aliphatic rings. The summed E-state index contributed by atoms with van der Waals surface area (Å²) >= 11 is 0. The second kappa shape index (κ2) is 7.35. The van der Waals surface area contributed by atoms with E-state index in [-0.39, 0.29) is 29.1 Å². The Bertz CT molecular complexity index is 1170. The van der Waals surface area contributed by atoms with Crippen molar-refractivity contribution in [3.63, 3.8) is 0 Å². The van der Waals surface area contributed by atoms with E-state index in [1.165, 1.54) is 35.9 Å². The van der Waals surface area contributed by atoms with Gasteiger partial charge < -0.3 is 4.84 Å². The summed E-state index contributed by atoms with van der Waals surface area (Å²) in [6.45, 7) is 1.56. The highest BCUT2D eigenvalue weighted by molar-refractivity contribution is 6.21. The lowest BCUT2D eigenvalue weighted by Crippen LogP contribution is -2.33. The van der Waals surface area contributed by atoms with Gasteiger partial charge in [-0.25, -0.2) is 9.48 Å². The number of imide groups is 1. The summed E-state index contributed by atoms with van der Waals surface area (Å²) in [5.41, 5.74) is -0.0334. The predicted octanol–water partition coefficient (Wildman–Crippen LogP) is 3.02. The summed E-state index contributed by atoms with van der Waals surface area (Å²) in [7, 11) is 0. The molecule has 4 rings (SSSR count). The van der Waals surface area contributed by atoms with E-state index in [0.717, 1.165) is 12.1 Å². The van der Waals surface area contributed by atoms with Gasteiger partial charge in [0.15, 0.2) is 5.69 Å². The van der Waals surface area contributed by atoms with Crippen molar-refractivity contribution in [1.29, 1.82) is 0 Å². The van der Waals surface area contributed by atoms with Crippen LogP contribution in [0.3, 0.4) is 0 Å². The number of hydrogen-bond acceptors (Lipinski definition) is 6. The Morgan fingerprint density at radius 1 is 1.00 bits per heavy atom. The molecule has 0 spiro atoms. The molecule has 0 unspecified atom stereocenters. The van der Waals surface area contributed by atoms with Crippen LogP contribution in [-0.4, -0.2) is 37.8 Å². The number of hydroxylamine groups is 2. The molecule has 158 valence electrons. The first kappa shape index (κ1) is 20.3. The third-order valence-corrected chi connectivity index (χ3v) is 4.72. The highest BCUT2D eigenvalue weighted by Crippen LogP contribution is 2.29. The van der Waals surface area contributed by atoms with Crippen molar-refractivity contribution >= 4 is 17.8 Å². The minimum absolute atomic E-state index is 0.0528. The molecule has 0 fully saturated rings. The minimum Gasteiger partial charge on any atom is -0.322 e. The van der Waals surface area contributed by atoms with Crippen molar-refractivity contribution in [3.8, 4) is 0 Å². The number of hydrogen-bond donors (Lipinski definition) is 0. The van der Waals surface area contributed by atoms with Crippen molar-refractivity contribution in [1.82, 2.24) is 20.1 Å². The van der Waals surface area contributed by atoms with Gasteiger partial charge in [-0.15, -0.1) is 5.10 Å². The monoisotopic (exact) mass is 430 g/mol. The molecule has 0 aliphatic carbocycles. The Hall–Kier alpha value is -4.02. The maximum Gasteiger partial charge on any atom is 0.416 e. The number of carbonyl (C=O) groups is 3. The molecular weight excluding hydrogens is 417 g/mol. The van der Waals surface area contributed by atoms with E-state index < -0.39 is 29.5 Å². The first-order valence-corrected chi connectivity index (χ1v) is 8.93. The fourth-order valence-electron chi connectivity index (χ4n) is 3.05. The summed E-state index contributed by atoms with van der Waals surface area (Å²) in [6, 6.07) is 10.5. The lowest BCUT2D eigenvalue weighted by atomic mass is 10.1. The molecule has 0 atom stereocenters. The van der Waals surface area contributed by atoms with Gasteiger partial charge >= 0.3 is 12.1 Å².